The molecule has 0 amide bonds. The highest BCUT2D eigenvalue weighted by molar-refractivity contribution is 6.14. The highest BCUT2D eigenvalue weighted by atomic mass is 15.2. The van der Waals surface area contributed by atoms with Crippen molar-refractivity contribution in [2.75, 3.05) is 9.80 Å². The van der Waals surface area contributed by atoms with Crippen LogP contribution in [-0.4, -0.2) is 0 Å². The highest BCUT2D eigenvalue weighted by Gasteiger charge is 2.22. The molecule has 76 heavy (non-hydrogen) atoms. The van der Waals surface area contributed by atoms with E-state index in [4.69, 9.17) is 0 Å². The van der Waals surface area contributed by atoms with E-state index in [1.165, 1.54) is 77.2 Å². The van der Waals surface area contributed by atoms with Gasteiger partial charge in [-0.05, 0) is 161 Å². The molecule has 0 bridgehead atoms. The molecule has 0 radical (unpaired) electrons. The first-order valence-electron chi connectivity index (χ1n) is 26.1. The van der Waals surface area contributed by atoms with Crippen LogP contribution in [0.4, 0.5) is 34.1 Å². The zero-order chi connectivity index (χ0) is 50.6. The van der Waals surface area contributed by atoms with Crippen LogP contribution in [0.3, 0.4) is 0 Å². The van der Waals surface area contributed by atoms with Crippen LogP contribution in [0.15, 0.2) is 315 Å². The molecule has 13 aromatic carbocycles. The van der Waals surface area contributed by atoms with Crippen molar-refractivity contribution in [2.24, 2.45) is 0 Å². The molecular formula is C74H52N2. The Balaban J connectivity index is 1.02. The molecule has 358 valence electrons. The Morgan fingerprint density at radius 2 is 0.421 bits per heavy atom. The summed E-state index contributed by atoms with van der Waals surface area (Å²) in [4.78, 5) is 4.83. The lowest BCUT2D eigenvalue weighted by Crippen LogP contribution is -2.14. The average molecular weight is 969 g/mol. The summed E-state index contributed by atoms with van der Waals surface area (Å²) in [5.74, 6) is 0. The third-order valence-electron chi connectivity index (χ3n) is 14.6. The normalized spacial score (nSPS) is 11.2. The topological polar surface area (TPSA) is 6.48 Å². The van der Waals surface area contributed by atoms with Gasteiger partial charge in [0.15, 0.2) is 0 Å². The van der Waals surface area contributed by atoms with E-state index >= 15 is 0 Å². The summed E-state index contributed by atoms with van der Waals surface area (Å²) in [7, 11) is 0. The molecule has 0 aliphatic rings. The SMILES string of the molecule is c1ccc(-c2ccc(-c3ccc(N(c4ccc(-c5ccccc5)cc4)c4cc(-c5cc6ccccc6c6ccccc56)cc(N(c5ccc(-c6ccccc6)cc5)c5ccc(-c6ccccc6)cc5)c4)cc3)cc2)cc1. The van der Waals surface area contributed by atoms with Gasteiger partial charge < -0.3 is 9.80 Å². The van der Waals surface area contributed by atoms with Gasteiger partial charge in [-0.1, -0.05) is 243 Å². The van der Waals surface area contributed by atoms with Gasteiger partial charge in [-0.15, -0.1) is 0 Å². The largest absolute Gasteiger partial charge is 0.310 e. The Morgan fingerprint density at radius 3 is 0.763 bits per heavy atom. The second-order valence-corrected chi connectivity index (χ2v) is 19.3. The number of hydrogen-bond acceptors (Lipinski definition) is 2. The van der Waals surface area contributed by atoms with Gasteiger partial charge in [0.25, 0.3) is 0 Å². The number of benzene rings is 13. The van der Waals surface area contributed by atoms with Gasteiger partial charge in [-0.3, -0.25) is 0 Å². The van der Waals surface area contributed by atoms with Crippen LogP contribution in [0.5, 0.6) is 0 Å². The van der Waals surface area contributed by atoms with Crippen molar-refractivity contribution in [3.63, 3.8) is 0 Å². The molecule has 0 heterocycles. The number of fused-ring (bicyclic) bond motifs is 3. The Labute approximate surface area is 445 Å². The van der Waals surface area contributed by atoms with E-state index in [2.05, 4.69) is 325 Å². The predicted molar refractivity (Wildman–Crippen MR) is 323 cm³/mol. The molecule has 2 nitrogen and oxygen atoms in total. The van der Waals surface area contributed by atoms with Crippen LogP contribution < -0.4 is 9.80 Å². The van der Waals surface area contributed by atoms with E-state index in [1.54, 1.807) is 0 Å². The maximum absolute atomic E-state index is 2.42. The van der Waals surface area contributed by atoms with Crippen molar-refractivity contribution in [2.45, 2.75) is 0 Å². The van der Waals surface area contributed by atoms with Gasteiger partial charge in [0.05, 0.1) is 0 Å². The summed E-state index contributed by atoms with van der Waals surface area (Å²) in [6, 6.07) is 115. The number of hydrogen-bond donors (Lipinski definition) is 0. The highest BCUT2D eigenvalue weighted by Crippen LogP contribution is 2.46. The maximum atomic E-state index is 2.42. The van der Waals surface area contributed by atoms with Crippen molar-refractivity contribution in [1.82, 2.24) is 0 Å². The van der Waals surface area contributed by atoms with Crippen LogP contribution in [0.1, 0.15) is 0 Å². The van der Waals surface area contributed by atoms with Crippen molar-refractivity contribution in [3.8, 4) is 66.8 Å². The van der Waals surface area contributed by atoms with Crippen molar-refractivity contribution < 1.29 is 0 Å². The lowest BCUT2D eigenvalue weighted by Gasteiger charge is -2.31. The lowest BCUT2D eigenvalue weighted by molar-refractivity contribution is 1.25. The first kappa shape index (κ1) is 45.8. The van der Waals surface area contributed by atoms with E-state index in [9.17, 15) is 0 Å². The lowest BCUT2D eigenvalue weighted by atomic mass is 9.92. The Hall–Kier alpha value is -10.0. The quantitative estimate of drug-likeness (QED) is 0.113. The fourth-order valence-electron chi connectivity index (χ4n) is 10.8. The van der Waals surface area contributed by atoms with Crippen LogP contribution in [-0.2, 0) is 0 Å². The van der Waals surface area contributed by atoms with Gasteiger partial charge >= 0.3 is 0 Å². The summed E-state index contributed by atoms with van der Waals surface area (Å²) < 4.78 is 0. The molecule has 13 rings (SSSR count). The molecule has 0 aliphatic heterocycles. The summed E-state index contributed by atoms with van der Waals surface area (Å²) in [6.07, 6.45) is 0. The zero-order valence-electron chi connectivity index (χ0n) is 41.9. The molecule has 0 spiro atoms. The molecule has 0 atom stereocenters. The summed E-state index contributed by atoms with van der Waals surface area (Å²) >= 11 is 0. The van der Waals surface area contributed by atoms with Crippen LogP contribution in [0.25, 0.3) is 88.3 Å². The zero-order valence-corrected chi connectivity index (χ0v) is 41.9. The van der Waals surface area contributed by atoms with Gasteiger partial charge in [-0.25, -0.2) is 0 Å². The fraction of sp³-hybridized carbons (Fsp3) is 0. The molecule has 0 saturated carbocycles. The summed E-state index contributed by atoms with van der Waals surface area (Å²) in [5.41, 5.74) is 20.4. The minimum atomic E-state index is 1.03. The first-order chi connectivity index (χ1) is 37.7. The Kier molecular flexibility index (Phi) is 12.3. The molecule has 0 aromatic heterocycles. The molecule has 0 unspecified atom stereocenters. The average Bonchev–Trinajstić information content (AvgIpc) is 3.51. The standard InChI is InChI=1S/C74H52N2/c1-5-17-53(18-6-1)57-29-31-58(32-30-57)62-39-47-68(48-40-62)76(67-45-37-61(38-46-67)56-23-11-4-12-24-56)70-50-64(74-51-63-25-13-14-26-71(63)72-27-15-16-28-73(72)74)49-69(52-70)75(65-41-33-59(34-42-65)54-19-7-2-8-20-54)66-43-35-60(36-44-66)55-21-9-3-10-22-55/h1-52H. The van der Waals surface area contributed by atoms with Crippen molar-refractivity contribution in [1.29, 1.82) is 0 Å². The summed E-state index contributed by atoms with van der Waals surface area (Å²) in [6.45, 7) is 0. The van der Waals surface area contributed by atoms with Gasteiger partial charge in [0.1, 0.15) is 0 Å². The van der Waals surface area contributed by atoms with E-state index in [0.29, 0.717) is 0 Å². The van der Waals surface area contributed by atoms with Crippen molar-refractivity contribution in [3.05, 3.63) is 315 Å². The molecule has 0 aliphatic carbocycles. The van der Waals surface area contributed by atoms with E-state index in [1.807, 2.05) is 0 Å². The fourth-order valence-corrected chi connectivity index (χ4v) is 10.8. The van der Waals surface area contributed by atoms with Gasteiger partial charge in [-0.2, -0.15) is 0 Å². The van der Waals surface area contributed by atoms with Crippen LogP contribution in [0.2, 0.25) is 0 Å². The van der Waals surface area contributed by atoms with E-state index in [-0.39, 0.29) is 0 Å². The first-order valence-corrected chi connectivity index (χ1v) is 26.1. The van der Waals surface area contributed by atoms with Gasteiger partial charge in [0, 0.05) is 34.1 Å². The minimum absolute atomic E-state index is 1.03. The number of rotatable bonds is 12. The van der Waals surface area contributed by atoms with E-state index in [0.717, 1.165) is 45.3 Å². The third-order valence-corrected chi connectivity index (χ3v) is 14.6. The Morgan fingerprint density at radius 1 is 0.158 bits per heavy atom. The molecule has 0 saturated heterocycles. The number of nitrogens with zero attached hydrogens (tertiary/aromatic N) is 2. The molecular weight excluding hydrogens is 917 g/mol. The van der Waals surface area contributed by atoms with E-state index < -0.39 is 0 Å². The Bertz CT molecular complexity index is 4000. The second-order valence-electron chi connectivity index (χ2n) is 19.3. The maximum Gasteiger partial charge on any atom is 0.0488 e. The predicted octanol–water partition coefficient (Wildman–Crippen LogP) is 20.9. The second kappa shape index (κ2) is 20.5. The van der Waals surface area contributed by atoms with Crippen molar-refractivity contribution >= 4 is 55.7 Å². The molecule has 0 N–H and O–H groups in total. The molecule has 2 heteroatoms. The smallest absolute Gasteiger partial charge is 0.0488 e. The third kappa shape index (κ3) is 9.21. The van der Waals surface area contributed by atoms with Gasteiger partial charge in [0.2, 0.25) is 0 Å². The minimum Gasteiger partial charge on any atom is -0.310 e. The monoisotopic (exact) mass is 968 g/mol. The van der Waals surface area contributed by atoms with Crippen LogP contribution >= 0.6 is 0 Å². The molecule has 13 aromatic rings. The number of anilines is 6. The van der Waals surface area contributed by atoms with Crippen LogP contribution in [0, 0.1) is 0 Å². The summed E-state index contributed by atoms with van der Waals surface area (Å²) in [5, 5.41) is 4.88. The molecule has 0 fully saturated rings.